The van der Waals surface area contributed by atoms with Crippen LogP contribution in [0.25, 0.3) is 0 Å². The highest BCUT2D eigenvalue weighted by atomic mass is 32.2. The first kappa shape index (κ1) is 23.1. The number of amides is 2. The van der Waals surface area contributed by atoms with E-state index in [9.17, 15) is 9.59 Å². The number of fused-ring (bicyclic) bond motifs is 2. The van der Waals surface area contributed by atoms with Crippen LogP contribution in [0.5, 0.6) is 11.5 Å². The van der Waals surface area contributed by atoms with Gasteiger partial charge in [0.15, 0.2) is 16.7 Å². The van der Waals surface area contributed by atoms with E-state index in [1.165, 1.54) is 11.8 Å². The predicted octanol–water partition coefficient (Wildman–Crippen LogP) is 2.31. The normalized spacial score (nSPS) is 16.4. The molecule has 0 bridgehead atoms. The zero-order chi connectivity index (χ0) is 24.2. The maximum atomic E-state index is 13.2. The number of pyridine rings is 1. The van der Waals surface area contributed by atoms with Gasteiger partial charge in [0.2, 0.25) is 12.0 Å². The minimum atomic E-state index is -0.672. The largest absolute Gasteiger partial charge is 0.485 e. The summed E-state index contributed by atoms with van der Waals surface area (Å²) in [4.78, 5) is 40.1. The zero-order valence-corrected chi connectivity index (χ0v) is 20.1. The lowest BCUT2D eigenvalue weighted by atomic mass is 9.94. The van der Waals surface area contributed by atoms with Gasteiger partial charge in [0, 0.05) is 43.9 Å². The number of rotatable bonds is 6. The standard InChI is InChI=1S/C25H25N5O4S/c1-16-19(12-29-23(31)15-35-25-26-8-4-9-27-25)18-7-10-30(13-17(18)11-28-16)24(32)22-14-33-20-5-2-3-6-21(20)34-22/h2-6,8-9,11,22H,7,10,12-15H2,1H3,(H,29,31)/t22-/m0/s1. The van der Waals surface area contributed by atoms with E-state index in [2.05, 4.69) is 20.3 Å². The van der Waals surface area contributed by atoms with Gasteiger partial charge in [-0.1, -0.05) is 23.9 Å². The molecule has 9 nitrogen and oxygen atoms in total. The minimum absolute atomic E-state index is 0.0956. The molecule has 0 aliphatic carbocycles. The van der Waals surface area contributed by atoms with Crippen molar-refractivity contribution in [2.45, 2.75) is 37.7 Å². The van der Waals surface area contributed by atoms with E-state index in [4.69, 9.17) is 9.47 Å². The summed E-state index contributed by atoms with van der Waals surface area (Å²) in [6.45, 7) is 3.54. The number of aromatic nitrogens is 3. The number of nitrogens with zero attached hydrogens (tertiary/aromatic N) is 4. The molecule has 2 aliphatic heterocycles. The Balaban J connectivity index is 1.21. The molecule has 1 atom stereocenters. The Bertz CT molecular complexity index is 1240. The molecule has 2 aromatic heterocycles. The number of aryl methyl sites for hydroxylation is 1. The summed E-state index contributed by atoms with van der Waals surface area (Å²) in [5.41, 5.74) is 4.02. The van der Waals surface area contributed by atoms with Gasteiger partial charge in [-0.25, -0.2) is 9.97 Å². The van der Waals surface area contributed by atoms with Gasteiger partial charge in [0.25, 0.3) is 5.91 Å². The van der Waals surface area contributed by atoms with Crippen molar-refractivity contribution in [3.05, 3.63) is 71.3 Å². The lowest BCUT2D eigenvalue weighted by Gasteiger charge is -2.34. The lowest BCUT2D eigenvalue weighted by molar-refractivity contribution is -0.142. The summed E-state index contributed by atoms with van der Waals surface area (Å²) in [5, 5.41) is 3.55. The maximum Gasteiger partial charge on any atom is 0.267 e. The Morgan fingerprint density at radius 2 is 1.94 bits per heavy atom. The predicted molar refractivity (Wildman–Crippen MR) is 129 cm³/mol. The van der Waals surface area contributed by atoms with Crippen molar-refractivity contribution in [2.24, 2.45) is 0 Å². The van der Waals surface area contributed by atoms with Crippen molar-refractivity contribution in [3.63, 3.8) is 0 Å². The van der Waals surface area contributed by atoms with Crippen LogP contribution in [0.4, 0.5) is 0 Å². The zero-order valence-electron chi connectivity index (χ0n) is 19.3. The molecule has 180 valence electrons. The summed E-state index contributed by atoms with van der Waals surface area (Å²) < 4.78 is 11.6. The average molecular weight is 492 g/mol. The fourth-order valence-electron chi connectivity index (χ4n) is 4.22. The number of thioether (sulfide) groups is 1. The fraction of sp³-hybridized carbons (Fsp3) is 0.320. The molecule has 0 spiro atoms. The first-order valence-corrected chi connectivity index (χ1v) is 12.4. The minimum Gasteiger partial charge on any atom is -0.485 e. The molecule has 2 amide bonds. The van der Waals surface area contributed by atoms with Crippen LogP contribution in [0.3, 0.4) is 0 Å². The second-order valence-corrected chi connectivity index (χ2v) is 9.24. The van der Waals surface area contributed by atoms with Gasteiger partial charge in [0.05, 0.1) is 5.75 Å². The highest BCUT2D eigenvalue weighted by Crippen LogP contribution is 2.32. The molecule has 0 saturated carbocycles. The van der Waals surface area contributed by atoms with Crippen LogP contribution in [0.1, 0.15) is 22.4 Å². The first-order chi connectivity index (χ1) is 17.1. The monoisotopic (exact) mass is 491 g/mol. The third-order valence-corrected chi connectivity index (χ3v) is 6.90. The molecule has 3 aromatic rings. The van der Waals surface area contributed by atoms with E-state index in [1.54, 1.807) is 29.4 Å². The highest BCUT2D eigenvalue weighted by molar-refractivity contribution is 7.99. The van der Waals surface area contributed by atoms with E-state index in [0.717, 1.165) is 22.4 Å². The number of hydrogen-bond donors (Lipinski definition) is 1. The molecule has 10 heteroatoms. The second kappa shape index (κ2) is 10.3. The third-order valence-electron chi connectivity index (χ3n) is 6.03. The molecule has 0 fully saturated rings. The van der Waals surface area contributed by atoms with E-state index < -0.39 is 6.10 Å². The van der Waals surface area contributed by atoms with Crippen LogP contribution < -0.4 is 14.8 Å². The van der Waals surface area contributed by atoms with E-state index >= 15 is 0 Å². The number of ether oxygens (including phenoxy) is 2. The van der Waals surface area contributed by atoms with Crippen LogP contribution in [0.15, 0.2) is 54.1 Å². The van der Waals surface area contributed by atoms with Crippen molar-refractivity contribution in [3.8, 4) is 11.5 Å². The summed E-state index contributed by atoms with van der Waals surface area (Å²) in [5.74, 6) is 1.28. The van der Waals surface area contributed by atoms with E-state index in [-0.39, 0.29) is 24.2 Å². The number of benzene rings is 1. The van der Waals surface area contributed by atoms with Gasteiger partial charge in [-0.05, 0) is 48.2 Å². The van der Waals surface area contributed by atoms with E-state index in [1.807, 2.05) is 31.3 Å². The molecule has 0 radical (unpaired) electrons. The molecule has 1 aromatic carbocycles. The summed E-state index contributed by atoms with van der Waals surface area (Å²) >= 11 is 1.29. The molecular weight excluding hydrogens is 466 g/mol. The van der Waals surface area contributed by atoms with Crippen molar-refractivity contribution < 1.29 is 19.1 Å². The fourth-order valence-corrected chi connectivity index (χ4v) is 4.85. The Kier molecular flexibility index (Phi) is 6.80. The van der Waals surface area contributed by atoms with Crippen LogP contribution >= 0.6 is 11.8 Å². The van der Waals surface area contributed by atoms with Crippen molar-refractivity contribution in [1.29, 1.82) is 0 Å². The van der Waals surface area contributed by atoms with E-state index in [0.29, 0.717) is 42.7 Å². The molecule has 35 heavy (non-hydrogen) atoms. The van der Waals surface area contributed by atoms with Gasteiger partial charge in [-0.2, -0.15) is 0 Å². The van der Waals surface area contributed by atoms with Crippen molar-refractivity contribution in [2.75, 3.05) is 18.9 Å². The topological polar surface area (TPSA) is 107 Å². The average Bonchev–Trinajstić information content (AvgIpc) is 2.91. The van der Waals surface area contributed by atoms with Crippen LogP contribution in [-0.4, -0.2) is 56.7 Å². The number of para-hydroxylation sites is 2. The molecule has 0 unspecified atom stereocenters. The second-order valence-electron chi connectivity index (χ2n) is 8.30. The molecule has 4 heterocycles. The lowest BCUT2D eigenvalue weighted by Crippen LogP contribution is -2.48. The SMILES string of the molecule is Cc1ncc2c(c1CNC(=O)CSc1ncccn1)CCN(C(=O)[C@@H]1COc3ccccc3O1)C2. The smallest absolute Gasteiger partial charge is 0.267 e. The van der Waals surface area contributed by atoms with Gasteiger partial charge >= 0.3 is 0 Å². The highest BCUT2D eigenvalue weighted by Gasteiger charge is 2.33. The number of hydrogen-bond acceptors (Lipinski definition) is 8. The van der Waals surface area contributed by atoms with Gasteiger partial charge in [-0.3, -0.25) is 14.6 Å². The summed E-state index contributed by atoms with van der Waals surface area (Å²) in [6, 6.07) is 9.10. The van der Waals surface area contributed by atoms with Gasteiger partial charge in [-0.15, -0.1) is 0 Å². The van der Waals surface area contributed by atoms with Gasteiger partial charge in [0.1, 0.15) is 6.61 Å². The Morgan fingerprint density at radius 1 is 1.14 bits per heavy atom. The quantitative estimate of drug-likeness (QED) is 0.414. The number of nitrogens with one attached hydrogen (secondary N) is 1. The molecule has 0 saturated heterocycles. The van der Waals surface area contributed by atoms with Crippen LogP contribution in [0.2, 0.25) is 0 Å². The van der Waals surface area contributed by atoms with Crippen molar-refractivity contribution >= 4 is 23.6 Å². The molecular formula is C25H25N5O4S. The number of carbonyl (C=O) groups excluding carboxylic acids is 2. The van der Waals surface area contributed by atoms with Crippen LogP contribution in [-0.2, 0) is 29.1 Å². The summed E-state index contributed by atoms with van der Waals surface area (Å²) in [7, 11) is 0. The molecule has 5 rings (SSSR count). The maximum absolute atomic E-state index is 13.2. The number of carbonyl (C=O) groups is 2. The van der Waals surface area contributed by atoms with Crippen LogP contribution in [0, 0.1) is 6.92 Å². The Hall–Kier alpha value is -3.66. The van der Waals surface area contributed by atoms with Gasteiger partial charge < -0.3 is 19.7 Å². The third kappa shape index (κ3) is 5.22. The Morgan fingerprint density at radius 3 is 2.77 bits per heavy atom. The summed E-state index contributed by atoms with van der Waals surface area (Å²) in [6.07, 6.45) is 5.14. The molecule has 1 N–H and O–H groups in total. The molecule has 2 aliphatic rings. The van der Waals surface area contributed by atoms with Crippen molar-refractivity contribution in [1.82, 2.24) is 25.2 Å². The Labute approximate surface area is 207 Å². The first-order valence-electron chi connectivity index (χ1n) is 11.4.